The lowest BCUT2D eigenvalue weighted by molar-refractivity contribution is -0.0165. The van der Waals surface area contributed by atoms with Crippen LogP contribution < -0.4 is 10.5 Å². The number of aromatic nitrogens is 2. The van der Waals surface area contributed by atoms with Gasteiger partial charge in [0.05, 0.1) is 18.7 Å². The van der Waals surface area contributed by atoms with Gasteiger partial charge in [-0.15, -0.1) is 0 Å². The molecule has 1 aliphatic heterocycles. The van der Waals surface area contributed by atoms with E-state index >= 15 is 0 Å². The van der Waals surface area contributed by atoms with E-state index in [0.717, 1.165) is 0 Å². The topological polar surface area (TPSA) is 83.4 Å². The number of hydrogen-bond acceptors (Lipinski definition) is 6. The van der Waals surface area contributed by atoms with E-state index in [9.17, 15) is 4.39 Å². The van der Waals surface area contributed by atoms with Gasteiger partial charge in [-0.25, -0.2) is 4.39 Å². The second-order valence-corrected chi connectivity index (χ2v) is 3.77. The molecule has 0 bridgehead atoms. The van der Waals surface area contributed by atoms with E-state index in [4.69, 9.17) is 19.7 Å². The van der Waals surface area contributed by atoms with E-state index in [1.165, 1.54) is 6.07 Å². The molecule has 7 heteroatoms. The van der Waals surface area contributed by atoms with Crippen LogP contribution in [0.1, 0.15) is 11.5 Å². The van der Waals surface area contributed by atoms with Gasteiger partial charge in [0, 0.05) is 5.56 Å². The van der Waals surface area contributed by atoms with Crippen molar-refractivity contribution < 1.29 is 18.4 Å². The minimum atomic E-state index is -0.452. The average Bonchev–Trinajstić information content (AvgIpc) is 2.86. The van der Waals surface area contributed by atoms with Gasteiger partial charge < -0.3 is 19.7 Å². The molecule has 0 atom stereocenters. The first-order chi connectivity index (χ1) is 8.78. The highest BCUT2D eigenvalue weighted by Gasteiger charge is 2.19. The number of rotatable bonds is 2. The molecule has 0 saturated heterocycles. The van der Waals surface area contributed by atoms with E-state index in [1.54, 1.807) is 6.07 Å². The van der Waals surface area contributed by atoms with E-state index in [2.05, 4.69) is 10.1 Å². The van der Waals surface area contributed by atoms with Gasteiger partial charge >= 0.3 is 0 Å². The summed E-state index contributed by atoms with van der Waals surface area (Å²) < 4.78 is 29.1. The number of hydrogen-bond donors (Lipinski definition) is 1. The van der Waals surface area contributed by atoms with Gasteiger partial charge in [0.15, 0.2) is 6.79 Å². The number of ether oxygens (including phenoxy) is 2. The molecule has 1 aromatic carbocycles. The molecule has 0 unspecified atom stereocenters. The lowest BCUT2D eigenvalue weighted by atomic mass is 10.1. The van der Waals surface area contributed by atoms with Crippen LogP contribution in [0.15, 0.2) is 16.7 Å². The summed E-state index contributed by atoms with van der Waals surface area (Å²) in [5.74, 6) is 0.529. The molecule has 2 aromatic rings. The predicted octanol–water partition coefficient (Wildman–Crippen LogP) is 1.20. The minimum absolute atomic E-state index is 0.115. The third kappa shape index (κ3) is 1.83. The summed E-state index contributed by atoms with van der Waals surface area (Å²) in [6.07, 6.45) is 0. The molecule has 3 rings (SSSR count). The quantitative estimate of drug-likeness (QED) is 0.863. The molecule has 0 aliphatic carbocycles. The molecule has 0 saturated carbocycles. The Bertz CT molecular complexity index is 585. The fraction of sp³-hybridized carbons (Fsp3) is 0.273. The Morgan fingerprint density at radius 3 is 3.06 bits per heavy atom. The van der Waals surface area contributed by atoms with Crippen molar-refractivity contribution in [1.82, 2.24) is 10.1 Å². The zero-order chi connectivity index (χ0) is 12.5. The van der Waals surface area contributed by atoms with Crippen LogP contribution in [0.3, 0.4) is 0 Å². The molecule has 94 valence electrons. The monoisotopic (exact) mass is 251 g/mol. The van der Waals surface area contributed by atoms with Gasteiger partial charge in [-0.2, -0.15) is 4.98 Å². The number of nitrogens with two attached hydrogens (primary N) is 1. The maximum absolute atomic E-state index is 13.9. The van der Waals surface area contributed by atoms with Crippen LogP contribution in [0.4, 0.5) is 4.39 Å². The molecule has 0 amide bonds. The molecular weight excluding hydrogens is 241 g/mol. The fourth-order valence-electron chi connectivity index (χ4n) is 1.72. The summed E-state index contributed by atoms with van der Waals surface area (Å²) in [5.41, 5.74) is 6.24. The zero-order valence-corrected chi connectivity index (χ0v) is 9.35. The van der Waals surface area contributed by atoms with Gasteiger partial charge in [0.2, 0.25) is 11.7 Å². The Morgan fingerprint density at radius 1 is 1.39 bits per heavy atom. The third-order valence-corrected chi connectivity index (χ3v) is 2.59. The SMILES string of the molecule is NCc1nc(-c2cc3c(cc2F)COCO3)no1. The van der Waals surface area contributed by atoms with Crippen molar-refractivity contribution >= 4 is 0 Å². The van der Waals surface area contributed by atoms with Crippen LogP contribution in [-0.2, 0) is 17.9 Å². The first kappa shape index (κ1) is 11.1. The third-order valence-electron chi connectivity index (χ3n) is 2.59. The van der Waals surface area contributed by atoms with Crippen molar-refractivity contribution in [1.29, 1.82) is 0 Å². The molecule has 0 radical (unpaired) electrons. The summed E-state index contributed by atoms with van der Waals surface area (Å²) in [5, 5.41) is 3.67. The molecule has 1 aromatic heterocycles. The maximum Gasteiger partial charge on any atom is 0.240 e. The fourth-order valence-corrected chi connectivity index (χ4v) is 1.72. The number of nitrogens with zero attached hydrogens (tertiary/aromatic N) is 2. The summed E-state index contributed by atoms with van der Waals surface area (Å²) in [6, 6.07) is 2.89. The zero-order valence-electron chi connectivity index (χ0n) is 9.35. The highest BCUT2D eigenvalue weighted by Crippen LogP contribution is 2.31. The van der Waals surface area contributed by atoms with Crippen molar-refractivity contribution in [3.05, 3.63) is 29.4 Å². The molecule has 0 spiro atoms. The first-order valence-corrected chi connectivity index (χ1v) is 5.34. The smallest absolute Gasteiger partial charge is 0.240 e. The molecule has 18 heavy (non-hydrogen) atoms. The second-order valence-electron chi connectivity index (χ2n) is 3.77. The molecule has 2 N–H and O–H groups in total. The van der Waals surface area contributed by atoms with Crippen LogP contribution in [0.5, 0.6) is 5.75 Å². The van der Waals surface area contributed by atoms with Crippen molar-refractivity contribution in [3.8, 4) is 17.1 Å². The maximum atomic E-state index is 13.9. The van der Waals surface area contributed by atoms with E-state index in [1.807, 2.05) is 0 Å². The number of halogens is 1. The van der Waals surface area contributed by atoms with E-state index < -0.39 is 5.82 Å². The molecular formula is C11H10FN3O3. The largest absolute Gasteiger partial charge is 0.467 e. The molecule has 0 fully saturated rings. The lowest BCUT2D eigenvalue weighted by Gasteiger charge is -2.18. The Hall–Kier alpha value is -1.99. The van der Waals surface area contributed by atoms with E-state index in [-0.39, 0.29) is 30.6 Å². The van der Waals surface area contributed by atoms with Crippen molar-refractivity contribution in [2.24, 2.45) is 5.73 Å². The summed E-state index contributed by atoms with van der Waals surface area (Å²) in [6.45, 7) is 0.592. The lowest BCUT2D eigenvalue weighted by Crippen LogP contribution is -2.11. The van der Waals surface area contributed by atoms with Gasteiger partial charge in [-0.1, -0.05) is 5.16 Å². The van der Waals surface area contributed by atoms with Crippen LogP contribution in [0, 0.1) is 5.82 Å². The van der Waals surface area contributed by atoms with Crippen LogP contribution >= 0.6 is 0 Å². The van der Waals surface area contributed by atoms with Gasteiger partial charge in [-0.05, 0) is 12.1 Å². The van der Waals surface area contributed by atoms with Gasteiger partial charge in [0.25, 0.3) is 0 Å². The van der Waals surface area contributed by atoms with E-state index in [0.29, 0.717) is 17.9 Å². The minimum Gasteiger partial charge on any atom is -0.467 e. The standard InChI is InChI=1S/C11H10FN3O3/c12-8-1-6-4-16-5-17-9(6)2-7(8)11-14-10(3-13)18-15-11/h1-2H,3-5,13H2. The highest BCUT2D eigenvalue weighted by atomic mass is 19.1. The van der Waals surface area contributed by atoms with Gasteiger partial charge in [0.1, 0.15) is 11.6 Å². The molecule has 1 aliphatic rings. The molecule has 6 nitrogen and oxygen atoms in total. The van der Waals surface area contributed by atoms with Gasteiger partial charge in [-0.3, -0.25) is 0 Å². The first-order valence-electron chi connectivity index (χ1n) is 5.34. The highest BCUT2D eigenvalue weighted by molar-refractivity contribution is 5.60. The number of fused-ring (bicyclic) bond motifs is 1. The summed E-state index contributed by atoms with van der Waals surface area (Å²) in [7, 11) is 0. The van der Waals surface area contributed by atoms with Crippen LogP contribution in [-0.4, -0.2) is 16.9 Å². The van der Waals surface area contributed by atoms with Crippen molar-refractivity contribution in [3.63, 3.8) is 0 Å². The van der Waals surface area contributed by atoms with Crippen LogP contribution in [0.25, 0.3) is 11.4 Å². The Labute approximate surface area is 101 Å². The second kappa shape index (κ2) is 4.35. The van der Waals surface area contributed by atoms with Crippen molar-refractivity contribution in [2.75, 3.05) is 6.79 Å². The van der Waals surface area contributed by atoms with Crippen LogP contribution in [0.2, 0.25) is 0 Å². The summed E-state index contributed by atoms with van der Waals surface area (Å²) in [4.78, 5) is 3.98. The predicted molar refractivity (Wildman–Crippen MR) is 57.9 cm³/mol. The number of benzene rings is 1. The summed E-state index contributed by atoms with van der Waals surface area (Å²) >= 11 is 0. The van der Waals surface area contributed by atoms with Crippen molar-refractivity contribution in [2.45, 2.75) is 13.2 Å². The Kier molecular flexibility index (Phi) is 2.69. The Balaban J connectivity index is 2.06. The average molecular weight is 251 g/mol. The Morgan fingerprint density at radius 2 is 2.28 bits per heavy atom. The molecule has 2 heterocycles. The normalized spacial score (nSPS) is 14.1.